The Morgan fingerprint density at radius 3 is 2.09 bits per heavy atom. The van der Waals surface area contributed by atoms with E-state index >= 15 is 0 Å². The lowest BCUT2D eigenvalue weighted by Gasteiger charge is -2.29. The highest BCUT2D eigenvalue weighted by atomic mass is 31.2. The number of para-hydroxylation sites is 1. The van der Waals surface area contributed by atoms with Crippen LogP contribution in [0.25, 0.3) is 11.1 Å². The van der Waals surface area contributed by atoms with Crippen molar-refractivity contribution >= 4 is 29.9 Å². The summed E-state index contributed by atoms with van der Waals surface area (Å²) in [6, 6.07) is 20.2. The summed E-state index contributed by atoms with van der Waals surface area (Å²) < 4.78 is 26.0. The van der Waals surface area contributed by atoms with E-state index in [0.29, 0.717) is 28.2 Å². The molecule has 33 heavy (non-hydrogen) atoms. The minimum atomic E-state index is -3.07. The lowest BCUT2D eigenvalue weighted by Crippen LogP contribution is -2.34. The molecule has 1 unspecified atom stereocenters. The number of benzene rings is 3. The number of hydrogen-bond donors (Lipinski definition) is 1. The molecule has 6 nitrogen and oxygen atoms in total. The number of rotatable bonds is 4. The first-order chi connectivity index (χ1) is 15.7. The number of nitrogens with zero attached hydrogens (tertiary/aromatic N) is 1. The molecule has 172 valence electrons. The van der Waals surface area contributed by atoms with Crippen molar-refractivity contribution in [1.82, 2.24) is 0 Å². The SMILES string of the molecule is COc1cccc(OC)c1-c1cccc2c1P(=O)(C(C)(C)C)CN2C(=O)Nc1ccccc1. The first-order valence-electron chi connectivity index (χ1n) is 10.8. The lowest BCUT2D eigenvalue weighted by atomic mass is 10.0. The fourth-order valence-electron chi connectivity index (χ4n) is 4.23. The van der Waals surface area contributed by atoms with Gasteiger partial charge in [0, 0.05) is 21.7 Å². The van der Waals surface area contributed by atoms with Crippen LogP contribution in [-0.4, -0.2) is 31.7 Å². The molecule has 1 N–H and O–H groups in total. The molecule has 2 amide bonds. The van der Waals surface area contributed by atoms with Gasteiger partial charge in [0.2, 0.25) is 0 Å². The van der Waals surface area contributed by atoms with Crippen LogP contribution in [0, 0.1) is 0 Å². The third-order valence-corrected chi connectivity index (χ3v) is 10.1. The molecule has 0 saturated carbocycles. The molecule has 0 spiro atoms. The number of anilines is 2. The van der Waals surface area contributed by atoms with Crippen LogP contribution in [0.15, 0.2) is 66.7 Å². The normalized spacial score (nSPS) is 17.4. The Balaban J connectivity index is 1.92. The van der Waals surface area contributed by atoms with Crippen LogP contribution in [0.1, 0.15) is 20.8 Å². The predicted molar refractivity (Wildman–Crippen MR) is 135 cm³/mol. The van der Waals surface area contributed by atoms with Crippen LogP contribution in [0.3, 0.4) is 0 Å². The number of nitrogens with one attached hydrogen (secondary N) is 1. The minimum absolute atomic E-state index is 0.124. The maximum Gasteiger partial charge on any atom is 0.326 e. The average molecular weight is 465 g/mol. The van der Waals surface area contributed by atoms with Crippen LogP contribution in [-0.2, 0) is 4.57 Å². The van der Waals surface area contributed by atoms with Gasteiger partial charge in [0.05, 0.1) is 31.8 Å². The summed E-state index contributed by atoms with van der Waals surface area (Å²) in [6.07, 6.45) is 0.124. The minimum Gasteiger partial charge on any atom is -0.496 e. The molecule has 7 heteroatoms. The van der Waals surface area contributed by atoms with Crippen molar-refractivity contribution in [3.63, 3.8) is 0 Å². The number of amides is 2. The van der Waals surface area contributed by atoms with Gasteiger partial charge in [-0.3, -0.25) is 4.90 Å². The van der Waals surface area contributed by atoms with E-state index in [4.69, 9.17) is 9.47 Å². The summed E-state index contributed by atoms with van der Waals surface area (Å²) in [4.78, 5) is 14.9. The predicted octanol–water partition coefficient (Wildman–Crippen LogP) is 6.17. The third kappa shape index (κ3) is 3.89. The smallest absolute Gasteiger partial charge is 0.326 e. The largest absolute Gasteiger partial charge is 0.496 e. The second kappa shape index (κ2) is 8.60. The summed E-state index contributed by atoms with van der Waals surface area (Å²) >= 11 is 0. The van der Waals surface area contributed by atoms with Crippen molar-refractivity contribution in [1.29, 1.82) is 0 Å². The van der Waals surface area contributed by atoms with Crippen LogP contribution in [0.4, 0.5) is 16.2 Å². The van der Waals surface area contributed by atoms with Crippen molar-refractivity contribution in [3.8, 4) is 22.6 Å². The molecule has 4 rings (SSSR count). The number of ether oxygens (including phenoxy) is 2. The zero-order chi connectivity index (χ0) is 23.8. The third-order valence-electron chi connectivity index (χ3n) is 6.06. The lowest BCUT2D eigenvalue weighted by molar-refractivity contribution is 0.258. The van der Waals surface area contributed by atoms with E-state index in [0.717, 1.165) is 11.1 Å². The second-order valence-corrected chi connectivity index (χ2v) is 12.5. The van der Waals surface area contributed by atoms with Crippen molar-refractivity contribution in [3.05, 3.63) is 66.7 Å². The van der Waals surface area contributed by atoms with Gasteiger partial charge in [0.15, 0.2) is 0 Å². The van der Waals surface area contributed by atoms with Crippen LogP contribution in [0.5, 0.6) is 11.5 Å². The first kappa shape index (κ1) is 22.9. The van der Waals surface area contributed by atoms with E-state index in [1.807, 2.05) is 87.5 Å². The number of carbonyl (C=O) groups excluding carboxylic acids is 1. The standard InChI is InChI=1S/C26H29N2O4P/c1-26(2,3)33(30)17-28(25(29)27-18-11-7-6-8-12-18)20-14-9-13-19(24(20)33)23-21(31-4)15-10-16-22(23)32-5/h6-16H,17H2,1-5H3,(H,27,29). The Morgan fingerprint density at radius 2 is 1.52 bits per heavy atom. The molecule has 0 saturated heterocycles. The molecule has 0 aliphatic carbocycles. The Kier molecular flexibility index (Phi) is 5.98. The summed E-state index contributed by atoms with van der Waals surface area (Å²) in [6.45, 7) is 5.89. The van der Waals surface area contributed by atoms with E-state index in [1.165, 1.54) is 0 Å². The molecule has 3 aromatic rings. The number of carbonyl (C=O) groups is 1. The van der Waals surface area contributed by atoms with E-state index < -0.39 is 12.3 Å². The van der Waals surface area contributed by atoms with E-state index in [9.17, 15) is 9.36 Å². The van der Waals surface area contributed by atoms with Gasteiger partial charge in [-0.1, -0.05) is 57.2 Å². The zero-order valence-electron chi connectivity index (χ0n) is 19.6. The van der Waals surface area contributed by atoms with Crippen molar-refractivity contribution in [2.45, 2.75) is 25.9 Å². The van der Waals surface area contributed by atoms with E-state index in [2.05, 4.69) is 5.32 Å². The summed E-state index contributed by atoms with van der Waals surface area (Å²) in [5, 5.41) is 3.06. The van der Waals surface area contributed by atoms with E-state index in [1.54, 1.807) is 19.1 Å². The summed E-state index contributed by atoms with van der Waals surface area (Å²) in [7, 11) is 0.135. The van der Waals surface area contributed by atoms with Crippen molar-refractivity contribution < 1.29 is 18.8 Å². The van der Waals surface area contributed by atoms with Crippen LogP contribution in [0.2, 0.25) is 0 Å². The topological polar surface area (TPSA) is 67.9 Å². The molecular weight excluding hydrogens is 435 g/mol. The van der Waals surface area contributed by atoms with Gasteiger partial charge in [-0.25, -0.2) is 4.79 Å². The molecule has 0 aromatic heterocycles. The van der Waals surface area contributed by atoms with Gasteiger partial charge in [-0.05, 0) is 30.3 Å². The maximum atomic E-state index is 14.7. The average Bonchev–Trinajstić information content (AvgIpc) is 3.13. The Hall–Kier alpha value is -3.24. The van der Waals surface area contributed by atoms with Crippen LogP contribution >= 0.6 is 7.14 Å². The van der Waals surface area contributed by atoms with Gasteiger partial charge in [0.1, 0.15) is 18.6 Å². The van der Waals surface area contributed by atoms with Gasteiger partial charge in [-0.15, -0.1) is 0 Å². The molecule has 0 fully saturated rings. The molecule has 1 atom stereocenters. The summed E-state index contributed by atoms with van der Waals surface area (Å²) in [5.41, 5.74) is 2.82. The molecular formula is C26H29N2O4P. The monoisotopic (exact) mass is 464 g/mol. The molecule has 0 bridgehead atoms. The summed E-state index contributed by atoms with van der Waals surface area (Å²) in [5.74, 6) is 1.24. The van der Waals surface area contributed by atoms with Crippen LogP contribution < -0.4 is 25.0 Å². The number of urea groups is 1. The van der Waals surface area contributed by atoms with Gasteiger partial charge in [-0.2, -0.15) is 0 Å². The second-order valence-electron chi connectivity index (χ2n) is 8.99. The fourth-order valence-corrected chi connectivity index (χ4v) is 7.28. The number of fused-ring (bicyclic) bond motifs is 1. The fraction of sp³-hybridized carbons (Fsp3) is 0.269. The highest BCUT2D eigenvalue weighted by molar-refractivity contribution is 7.74. The molecule has 1 heterocycles. The van der Waals surface area contributed by atoms with Gasteiger partial charge >= 0.3 is 6.03 Å². The number of hydrogen-bond acceptors (Lipinski definition) is 4. The molecule has 3 aromatic carbocycles. The maximum absolute atomic E-state index is 14.7. The highest BCUT2D eigenvalue weighted by Gasteiger charge is 2.50. The van der Waals surface area contributed by atoms with E-state index in [-0.39, 0.29) is 12.3 Å². The number of methoxy groups -OCH3 is 2. The molecule has 0 radical (unpaired) electrons. The van der Waals surface area contributed by atoms with Crippen molar-refractivity contribution in [2.24, 2.45) is 0 Å². The van der Waals surface area contributed by atoms with Gasteiger partial charge < -0.3 is 19.4 Å². The van der Waals surface area contributed by atoms with Crippen molar-refractivity contribution in [2.75, 3.05) is 30.7 Å². The quantitative estimate of drug-likeness (QED) is 0.469. The highest BCUT2D eigenvalue weighted by Crippen LogP contribution is 2.64. The Morgan fingerprint density at radius 1 is 0.909 bits per heavy atom. The Labute approximate surface area is 194 Å². The first-order valence-corrected chi connectivity index (χ1v) is 12.7. The Bertz CT molecular complexity index is 1210. The molecule has 1 aliphatic heterocycles. The van der Waals surface area contributed by atoms with Gasteiger partial charge in [0.25, 0.3) is 0 Å². The molecule has 1 aliphatic rings. The zero-order valence-corrected chi connectivity index (χ0v) is 20.5.